The summed E-state index contributed by atoms with van der Waals surface area (Å²) < 4.78 is 27.8. The van der Waals surface area contributed by atoms with Crippen molar-refractivity contribution in [2.45, 2.75) is 33.2 Å². The van der Waals surface area contributed by atoms with Crippen molar-refractivity contribution in [3.05, 3.63) is 69.8 Å². The van der Waals surface area contributed by atoms with Crippen LogP contribution in [0.15, 0.2) is 30.3 Å². The average molecular weight is 386 g/mol. The number of imide groups is 1. The van der Waals surface area contributed by atoms with E-state index in [1.54, 1.807) is 13.8 Å². The summed E-state index contributed by atoms with van der Waals surface area (Å²) in [5.74, 6) is -2.77. The fraction of sp³-hybridized carbons (Fsp3) is 0.286. The van der Waals surface area contributed by atoms with Crippen molar-refractivity contribution >= 4 is 17.7 Å². The summed E-state index contributed by atoms with van der Waals surface area (Å²) in [5.41, 5.74) is 0.846. The summed E-state index contributed by atoms with van der Waals surface area (Å²) in [7, 11) is 0. The van der Waals surface area contributed by atoms with Crippen LogP contribution in [-0.2, 0) is 10.3 Å². The van der Waals surface area contributed by atoms with Crippen LogP contribution in [0, 0.1) is 32.4 Å². The number of aryl methyl sites for hydroxylation is 3. The Morgan fingerprint density at radius 3 is 2.29 bits per heavy atom. The van der Waals surface area contributed by atoms with Crippen molar-refractivity contribution in [2.24, 2.45) is 0 Å². The number of rotatable bonds is 4. The van der Waals surface area contributed by atoms with E-state index in [9.17, 15) is 23.2 Å². The minimum atomic E-state index is -1.79. The first-order valence-corrected chi connectivity index (χ1v) is 8.75. The van der Waals surface area contributed by atoms with Crippen LogP contribution < -0.4 is 5.32 Å². The number of benzene rings is 2. The van der Waals surface area contributed by atoms with Crippen LogP contribution >= 0.6 is 0 Å². The molecule has 0 saturated carbocycles. The van der Waals surface area contributed by atoms with Gasteiger partial charge in [-0.2, -0.15) is 0 Å². The number of nitrogens with zero attached hydrogens (tertiary/aromatic N) is 1. The molecule has 0 bridgehead atoms. The van der Waals surface area contributed by atoms with E-state index >= 15 is 0 Å². The van der Waals surface area contributed by atoms with Gasteiger partial charge in [-0.1, -0.05) is 17.7 Å². The third-order valence-electron chi connectivity index (χ3n) is 5.00. The van der Waals surface area contributed by atoms with E-state index in [2.05, 4.69) is 5.32 Å². The Morgan fingerprint density at radius 2 is 1.68 bits per heavy atom. The predicted molar refractivity (Wildman–Crippen MR) is 98.9 cm³/mol. The molecule has 0 aliphatic carbocycles. The third-order valence-corrected chi connectivity index (χ3v) is 5.00. The lowest BCUT2D eigenvalue weighted by atomic mass is 9.91. The highest BCUT2D eigenvalue weighted by Crippen LogP contribution is 2.31. The molecule has 0 aromatic heterocycles. The zero-order valence-electron chi connectivity index (χ0n) is 16.0. The Labute approximate surface area is 161 Å². The van der Waals surface area contributed by atoms with Crippen LogP contribution in [0.3, 0.4) is 0 Å². The van der Waals surface area contributed by atoms with Gasteiger partial charge in [0.1, 0.15) is 17.2 Å². The number of nitrogens with one attached hydrogen (secondary N) is 1. The molecule has 1 aliphatic rings. The maximum Gasteiger partial charge on any atom is 0.325 e. The zero-order chi connectivity index (χ0) is 20.8. The summed E-state index contributed by atoms with van der Waals surface area (Å²) in [6.07, 6.45) is 0. The van der Waals surface area contributed by atoms with Crippen molar-refractivity contribution in [1.82, 2.24) is 10.2 Å². The zero-order valence-corrected chi connectivity index (χ0v) is 16.0. The maximum absolute atomic E-state index is 14.2. The second-order valence-corrected chi connectivity index (χ2v) is 7.27. The highest BCUT2D eigenvalue weighted by molar-refractivity contribution is 6.11. The molecule has 3 amide bonds. The number of ketones is 1. The number of hydrogen-bond acceptors (Lipinski definition) is 3. The second kappa shape index (κ2) is 6.82. The van der Waals surface area contributed by atoms with E-state index in [0.29, 0.717) is 5.56 Å². The number of carbonyl (C=O) groups is 3. The molecule has 28 heavy (non-hydrogen) atoms. The molecule has 1 saturated heterocycles. The molecule has 1 atom stereocenters. The first-order chi connectivity index (χ1) is 13.0. The highest BCUT2D eigenvalue weighted by atomic mass is 19.1. The molecule has 2 aromatic rings. The van der Waals surface area contributed by atoms with Gasteiger partial charge < -0.3 is 5.32 Å². The van der Waals surface area contributed by atoms with Gasteiger partial charge in [-0.25, -0.2) is 13.6 Å². The monoisotopic (exact) mass is 386 g/mol. The molecule has 7 heteroatoms. The molecule has 0 unspecified atom stereocenters. The normalized spacial score (nSPS) is 19.1. The standard InChI is InChI=1S/C21H20F2N2O3/c1-11-7-12(2)18(13(3)8-11)17(26)10-25-19(27)21(4,24-20(25)28)15-9-14(22)5-6-16(15)23/h5-9H,10H2,1-4H3,(H,24,28)/t21-/m0/s1. The molecule has 2 aromatic carbocycles. The molecule has 5 nitrogen and oxygen atoms in total. The second-order valence-electron chi connectivity index (χ2n) is 7.27. The largest absolute Gasteiger partial charge is 0.325 e. The summed E-state index contributed by atoms with van der Waals surface area (Å²) in [5, 5.41) is 2.39. The van der Waals surface area contributed by atoms with E-state index in [4.69, 9.17) is 0 Å². The average Bonchev–Trinajstić information content (AvgIpc) is 2.80. The van der Waals surface area contributed by atoms with E-state index in [1.165, 1.54) is 6.92 Å². The van der Waals surface area contributed by atoms with Crippen molar-refractivity contribution in [2.75, 3.05) is 6.54 Å². The molecule has 1 aliphatic heterocycles. The summed E-state index contributed by atoms with van der Waals surface area (Å²) in [4.78, 5) is 38.8. The van der Waals surface area contributed by atoms with Crippen LogP contribution in [-0.4, -0.2) is 29.2 Å². The topological polar surface area (TPSA) is 66.5 Å². The van der Waals surface area contributed by atoms with E-state index in [-0.39, 0.29) is 5.56 Å². The first kappa shape index (κ1) is 19.7. The van der Waals surface area contributed by atoms with Crippen molar-refractivity contribution in [1.29, 1.82) is 0 Å². The van der Waals surface area contributed by atoms with Crippen LogP contribution in [0.1, 0.15) is 39.5 Å². The van der Waals surface area contributed by atoms with Crippen LogP contribution in [0.4, 0.5) is 13.6 Å². The Morgan fingerprint density at radius 1 is 1.07 bits per heavy atom. The predicted octanol–water partition coefficient (Wildman–Crippen LogP) is 3.54. The first-order valence-electron chi connectivity index (χ1n) is 8.75. The SMILES string of the molecule is Cc1cc(C)c(C(=O)CN2C(=O)N[C@@](C)(c3cc(F)ccc3F)C2=O)c(C)c1. The van der Waals surface area contributed by atoms with Crippen molar-refractivity contribution in [3.63, 3.8) is 0 Å². The van der Waals surface area contributed by atoms with Crippen molar-refractivity contribution < 1.29 is 23.2 Å². The van der Waals surface area contributed by atoms with E-state index in [0.717, 1.165) is 39.8 Å². The Hall–Kier alpha value is -3.09. The van der Waals surface area contributed by atoms with Gasteiger partial charge in [0.25, 0.3) is 5.91 Å². The smallest absolute Gasteiger partial charge is 0.319 e. The highest BCUT2D eigenvalue weighted by Gasteiger charge is 2.51. The molecule has 0 spiro atoms. The molecule has 1 fully saturated rings. The summed E-state index contributed by atoms with van der Waals surface area (Å²) >= 11 is 0. The van der Waals surface area contributed by atoms with Gasteiger partial charge in [-0.15, -0.1) is 0 Å². The lowest BCUT2D eigenvalue weighted by Gasteiger charge is -2.23. The minimum Gasteiger partial charge on any atom is -0.319 e. The number of urea groups is 1. The Kier molecular flexibility index (Phi) is 4.79. The molecular weight excluding hydrogens is 366 g/mol. The number of carbonyl (C=O) groups excluding carboxylic acids is 3. The van der Waals surface area contributed by atoms with E-state index < -0.39 is 41.4 Å². The lowest BCUT2D eigenvalue weighted by Crippen LogP contribution is -2.42. The number of hydrogen-bond donors (Lipinski definition) is 1. The summed E-state index contributed by atoms with van der Waals surface area (Å²) in [6, 6.07) is 5.55. The van der Waals surface area contributed by atoms with E-state index in [1.807, 2.05) is 19.1 Å². The Balaban J connectivity index is 1.93. The molecular formula is C21H20F2N2O3. The van der Waals surface area contributed by atoms with Gasteiger partial charge in [0.2, 0.25) is 0 Å². The van der Waals surface area contributed by atoms with Crippen molar-refractivity contribution in [3.8, 4) is 0 Å². The van der Waals surface area contributed by atoms with Gasteiger partial charge in [-0.05, 0) is 57.0 Å². The molecule has 3 rings (SSSR count). The number of amides is 3. The van der Waals surface area contributed by atoms with Crippen LogP contribution in [0.2, 0.25) is 0 Å². The number of halogens is 2. The van der Waals surface area contributed by atoms with Gasteiger partial charge in [0, 0.05) is 11.1 Å². The van der Waals surface area contributed by atoms with Gasteiger partial charge in [-0.3, -0.25) is 14.5 Å². The van der Waals surface area contributed by atoms with Gasteiger partial charge >= 0.3 is 6.03 Å². The lowest BCUT2D eigenvalue weighted by molar-refractivity contribution is -0.130. The number of Topliss-reactive ketones (excluding diaryl/α,β-unsaturated/α-hetero) is 1. The third kappa shape index (κ3) is 3.17. The maximum atomic E-state index is 14.2. The van der Waals surface area contributed by atoms with Gasteiger partial charge in [0.15, 0.2) is 5.78 Å². The molecule has 146 valence electrons. The molecule has 0 radical (unpaired) electrons. The van der Waals surface area contributed by atoms with Crippen LogP contribution in [0.5, 0.6) is 0 Å². The minimum absolute atomic E-state index is 0.288. The van der Waals surface area contributed by atoms with Crippen LogP contribution in [0.25, 0.3) is 0 Å². The molecule has 1 N–H and O–H groups in total. The summed E-state index contributed by atoms with van der Waals surface area (Å²) in [6.45, 7) is 6.28. The van der Waals surface area contributed by atoms with Gasteiger partial charge in [0.05, 0.1) is 6.54 Å². The Bertz CT molecular complexity index is 996. The fourth-order valence-corrected chi connectivity index (χ4v) is 3.75. The molecule has 1 heterocycles. The fourth-order valence-electron chi connectivity index (χ4n) is 3.75. The quantitative estimate of drug-likeness (QED) is 0.646.